The van der Waals surface area contributed by atoms with Gasteiger partial charge in [-0.1, -0.05) is 20.8 Å². The standard InChI is InChI=1S/C18H29N3O5S/c1-18(2,3)27(4,5)26-11-10-25-16-13(22)6-7-21-15(16)17(23)20-8-9-24-12-14(20)19-21/h6-7,14,19H,8-12H2,1-5H3/t14-/m0/s1. The molecule has 3 heterocycles. The minimum atomic E-state index is -1.27. The van der Waals surface area contributed by atoms with Crippen molar-refractivity contribution in [1.82, 2.24) is 9.58 Å². The summed E-state index contributed by atoms with van der Waals surface area (Å²) in [7, 11) is -1.27. The number of nitrogens with zero attached hydrogens (tertiary/aromatic N) is 2. The summed E-state index contributed by atoms with van der Waals surface area (Å²) < 4.78 is 18.8. The Labute approximate surface area is 161 Å². The van der Waals surface area contributed by atoms with Crippen LogP contribution >= 0.6 is 10.3 Å². The highest BCUT2D eigenvalue weighted by Gasteiger charge is 2.37. The number of amides is 1. The van der Waals surface area contributed by atoms with Crippen LogP contribution in [-0.4, -0.2) is 71.9 Å². The van der Waals surface area contributed by atoms with Crippen molar-refractivity contribution in [3.63, 3.8) is 0 Å². The Hall–Kier alpha value is -1.71. The first-order chi connectivity index (χ1) is 12.6. The largest absolute Gasteiger partial charge is 0.485 e. The first-order valence-electron chi connectivity index (χ1n) is 9.03. The van der Waals surface area contributed by atoms with Gasteiger partial charge >= 0.3 is 0 Å². The van der Waals surface area contributed by atoms with Gasteiger partial charge in [0, 0.05) is 23.6 Å². The highest BCUT2D eigenvalue weighted by molar-refractivity contribution is 8.29. The van der Waals surface area contributed by atoms with E-state index in [0.717, 1.165) is 0 Å². The zero-order chi connectivity index (χ0) is 19.8. The van der Waals surface area contributed by atoms with Crippen molar-refractivity contribution in [1.29, 1.82) is 0 Å². The molecule has 1 amide bonds. The SMILES string of the molecule is CC(C)(C)S(C)(C)OCCOc1c2n(ccc1=O)N[C@@H]1COCCN1C2=O. The molecule has 0 bridgehead atoms. The van der Waals surface area contributed by atoms with Crippen LogP contribution in [0.2, 0.25) is 0 Å². The molecule has 2 aliphatic heterocycles. The van der Waals surface area contributed by atoms with E-state index in [0.29, 0.717) is 26.4 Å². The monoisotopic (exact) mass is 399 g/mol. The van der Waals surface area contributed by atoms with Crippen LogP contribution in [0.1, 0.15) is 31.3 Å². The smallest absolute Gasteiger partial charge is 0.278 e. The van der Waals surface area contributed by atoms with Gasteiger partial charge in [-0.25, -0.2) is 0 Å². The second kappa shape index (κ2) is 7.37. The van der Waals surface area contributed by atoms with Gasteiger partial charge in [-0.2, -0.15) is 0 Å². The molecule has 1 fully saturated rings. The van der Waals surface area contributed by atoms with Crippen LogP contribution in [0.3, 0.4) is 0 Å². The number of pyridine rings is 1. The number of aromatic nitrogens is 1. The molecule has 0 saturated carbocycles. The van der Waals surface area contributed by atoms with Crippen molar-refractivity contribution in [3.05, 3.63) is 28.2 Å². The van der Waals surface area contributed by atoms with E-state index in [1.807, 2.05) is 0 Å². The maximum absolute atomic E-state index is 12.9. The molecular weight excluding hydrogens is 370 g/mol. The van der Waals surface area contributed by atoms with Gasteiger partial charge in [-0.3, -0.25) is 14.3 Å². The highest BCUT2D eigenvalue weighted by Crippen LogP contribution is 2.53. The molecule has 1 N–H and O–H groups in total. The summed E-state index contributed by atoms with van der Waals surface area (Å²) >= 11 is 0. The van der Waals surface area contributed by atoms with Crippen LogP contribution in [0.25, 0.3) is 0 Å². The fraction of sp³-hybridized carbons (Fsp3) is 0.667. The van der Waals surface area contributed by atoms with Crippen LogP contribution in [0.15, 0.2) is 17.1 Å². The van der Waals surface area contributed by atoms with E-state index >= 15 is 0 Å². The zero-order valence-corrected chi connectivity index (χ0v) is 17.4. The summed E-state index contributed by atoms with van der Waals surface area (Å²) in [6.07, 6.45) is 5.53. The van der Waals surface area contributed by atoms with Crippen molar-refractivity contribution in [2.24, 2.45) is 0 Å². The lowest BCUT2D eigenvalue weighted by atomic mass is 10.2. The molecule has 8 nitrogen and oxygen atoms in total. The molecule has 2 aliphatic rings. The number of hydrogen-bond acceptors (Lipinski definition) is 6. The Morgan fingerprint density at radius 2 is 2.04 bits per heavy atom. The molecular formula is C18H29N3O5S. The first-order valence-corrected chi connectivity index (χ1v) is 11.4. The van der Waals surface area contributed by atoms with Gasteiger partial charge in [0.2, 0.25) is 5.43 Å². The van der Waals surface area contributed by atoms with E-state index < -0.39 is 10.3 Å². The molecule has 0 spiro atoms. The minimum absolute atomic E-state index is 0.0453. The van der Waals surface area contributed by atoms with Crippen molar-refractivity contribution in [3.8, 4) is 5.75 Å². The van der Waals surface area contributed by atoms with Gasteiger partial charge in [0.25, 0.3) is 5.91 Å². The third kappa shape index (κ3) is 3.95. The van der Waals surface area contributed by atoms with Crippen LogP contribution in [0, 0.1) is 0 Å². The van der Waals surface area contributed by atoms with Crippen LogP contribution in [0.4, 0.5) is 0 Å². The lowest BCUT2D eigenvalue weighted by Gasteiger charge is -2.43. The Morgan fingerprint density at radius 3 is 2.74 bits per heavy atom. The second-order valence-corrected chi connectivity index (χ2v) is 11.9. The summed E-state index contributed by atoms with van der Waals surface area (Å²) in [4.78, 5) is 26.9. The molecule has 1 aromatic heterocycles. The van der Waals surface area contributed by atoms with E-state index in [2.05, 4.69) is 38.7 Å². The van der Waals surface area contributed by atoms with Crippen molar-refractivity contribution in [2.45, 2.75) is 31.7 Å². The number of hydrogen-bond donors (Lipinski definition) is 1. The fourth-order valence-corrected chi connectivity index (χ4v) is 3.62. The number of ether oxygens (including phenoxy) is 2. The van der Waals surface area contributed by atoms with E-state index in [1.165, 1.54) is 6.07 Å². The van der Waals surface area contributed by atoms with Crippen LogP contribution in [-0.2, 0) is 8.92 Å². The molecule has 0 aliphatic carbocycles. The summed E-state index contributed by atoms with van der Waals surface area (Å²) in [5, 5.41) is 0. The molecule has 27 heavy (non-hydrogen) atoms. The number of rotatable bonds is 5. The van der Waals surface area contributed by atoms with E-state index in [4.69, 9.17) is 13.7 Å². The number of morpholine rings is 1. The normalized spacial score (nSPS) is 20.6. The lowest BCUT2D eigenvalue weighted by molar-refractivity contribution is -0.00327. The minimum Gasteiger partial charge on any atom is -0.485 e. The third-order valence-corrected chi connectivity index (χ3v) is 8.82. The number of carbonyl (C=O) groups is 1. The van der Waals surface area contributed by atoms with Crippen molar-refractivity contribution < 1.29 is 18.5 Å². The predicted molar refractivity (Wildman–Crippen MR) is 106 cm³/mol. The first kappa shape index (κ1) is 20.0. The molecule has 3 rings (SSSR count). The maximum Gasteiger partial charge on any atom is 0.278 e. The molecule has 0 unspecified atom stereocenters. The van der Waals surface area contributed by atoms with E-state index in [-0.39, 0.29) is 40.3 Å². The molecule has 9 heteroatoms. The lowest BCUT2D eigenvalue weighted by Crippen LogP contribution is -2.59. The fourth-order valence-electron chi connectivity index (χ4n) is 2.78. The summed E-state index contributed by atoms with van der Waals surface area (Å²) in [5.41, 5.74) is 3.09. The van der Waals surface area contributed by atoms with Gasteiger partial charge in [0.05, 0.1) is 19.8 Å². The number of fused-ring (bicyclic) bond motifs is 2. The summed E-state index contributed by atoms with van der Waals surface area (Å²) in [6.45, 7) is 8.37. The van der Waals surface area contributed by atoms with Gasteiger partial charge in [0.15, 0.2) is 11.4 Å². The molecule has 1 saturated heterocycles. The molecule has 1 aromatic rings. The van der Waals surface area contributed by atoms with Gasteiger partial charge in [-0.15, -0.1) is 10.3 Å². The van der Waals surface area contributed by atoms with Crippen LogP contribution in [0.5, 0.6) is 5.75 Å². The summed E-state index contributed by atoms with van der Waals surface area (Å²) in [5.74, 6) is -0.163. The van der Waals surface area contributed by atoms with Gasteiger partial charge in [0.1, 0.15) is 12.8 Å². The Balaban J connectivity index is 1.74. The van der Waals surface area contributed by atoms with E-state index in [9.17, 15) is 9.59 Å². The van der Waals surface area contributed by atoms with Gasteiger partial charge in [-0.05, 0) is 12.5 Å². The Bertz CT molecular complexity index is 771. The maximum atomic E-state index is 12.9. The molecule has 1 atom stereocenters. The Kier molecular flexibility index (Phi) is 5.47. The average molecular weight is 400 g/mol. The zero-order valence-electron chi connectivity index (χ0n) is 16.6. The van der Waals surface area contributed by atoms with Gasteiger partial charge < -0.3 is 24.0 Å². The van der Waals surface area contributed by atoms with Crippen LogP contribution < -0.4 is 15.6 Å². The number of carbonyl (C=O) groups excluding carboxylic acids is 1. The quantitative estimate of drug-likeness (QED) is 0.754. The van der Waals surface area contributed by atoms with E-state index in [1.54, 1.807) is 15.8 Å². The molecule has 152 valence electrons. The molecule has 0 radical (unpaired) electrons. The summed E-state index contributed by atoms with van der Waals surface area (Å²) in [6, 6.07) is 1.39. The number of nitrogens with one attached hydrogen (secondary N) is 1. The van der Waals surface area contributed by atoms with Crippen molar-refractivity contribution >= 4 is 16.2 Å². The second-order valence-electron chi connectivity index (χ2n) is 7.96. The highest BCUT2D eigenvalue weighted by atomic mass is 32.3. The van der Waals surface area contributed by atoms with Crippen molar-refractivity contribution in [2.75, 3.05) is 50.9 Å². The predicted octanol–water partition coefficient (Wildman–Crippen LogP) is 1.38. The third-order valence-electron chi connectivity index (χ3n) is 5.12. The topological polar surface area (TPSA) is 82.0 Å². The average Bonchev–Trinajstić information content (AvgIpc) is 2.59. The molecule has 0 aromatic carbocycles. The Morgan fingerprint density at radius 1 is 1.30 bits per heavy atom.